The van der Waals surface area contributed by atoms with Crippen molar-refractivity contribution in [2.75, 3.05) is 6.61 Å². The van der Waals surface area contributed by atoms with Gasteiger partial charge in [0.1, 0.15) is 0 Å². The third-order valence-electron chi connectivity index (χ3n) is 2.08. The van der Waals surface area contributed by atoms with Crippen LogP contribution in [0.4, 0.5) is 0 Å². The van der Waals surface area contributed by atoms with E-state index >= 15 is 0 Å². The molecular formula is C8H13NO4. The van der Waals surface area contributed by atoms with Gasteiger partial charge in [0, 0.05) is 6.42 Å². The molecule has 0 aromatic heterocycles. The Hall–Kier alpha value is -1.10. The van der Waals surface area contributed by atoms with Crippen LogP contribution < -0.4 is 5.48 Å². The molecular weight excluding hydrogens is 174 g/mol. The van der Waals surface area contributed by atoms with Crippen LogP contribution >= 0.6 is 0 Å². The van der Waals surface area contributed by atoms with Crippen LogP contribution in [0.3, 0.4) is 0 Å². The molecule has 0 aromatic rings. The lowest BCUT2D eigenvalue weighted by Gasteiger charge is -2.24. The van der Waals surface area contributed by atoms with Crippen LogP contribution in [0.1, 0.15) is 25.7 Å². The Kier molecular flexibility index (Phi) is 3.70. The maximum Gasteiger partial charge on any atom is 0.332 e. The second-order valence-electron chi connectivity index (χ2n) is 3.21. The van der Waals surface area contributed by atoms with Crippen molar-refractivity contribution in [1.29, 1.82) is 0 Å². The van der Waals surface area contributed by atoms with Crippen molar-refractivity contribution in [2.45, 2.75) is 25.7 Å². The molecule has 0 saturated heterocycles. The number of nitrogens with one attached hydrogen (secondary N) is 1. The fourth-order valence-electron chi connectivity index (χ4n) is 1.18. The Morgan fingerprint density at radius 2 is 2.15 bits per heavy atom. The zero-order valence-electron chi connectivity index (χ0n) is 7.28. The van der Waals surface area contributed by atoms with Crippen molar-refractivity contribution in [2.24, 2.45) is 5.92 Å². The largest absolute Gasteiger partial charge is 0.479 e. The molecule has 13 heavy (non-hydrogen) atoms. The van der Waals surface area contributed by atoms with Crippen LogP contribution in [0.25, 0.3) is 0 Å². The first-order valence-electron chi connectivity index (χ1n) is 4.31. The van der Waals surface area contributed by atoms with E-state index in [0.717, 1.165) is 12.8 Å². The number of amides is 1. The van der Waals surface area contributed by atoms with Crippen molar-refractivity contribution in [3.63, 3.8) is 0 Å². The van der Waals surface area contributed by atoms with E-state index in [-0.39, 0.29) is 5.91 Å². The van der Waals surface area contributed by atoms with Crippen LogP contribution in [0.15, 0.2) is 0 Å². The van der Waals surface area contributed by atoms with E-state index in [1.165, 1.54) is 6.42 Å². The highest BCUT2D eigenvalue weighted by molar-refractivity contribution is 5.75. The molecule has 0 spiro atoms. The van der Waals surface area contributed by atoms with Gasteiger partial charge in [-0.3, -0.25) is 9.63 Å². The highest BCUT2D eigenvalue weighted by atomic mass is 16.7. The number of carbonyl (C=O) groups excluding carboxylic acids is 1. The first-order valence-corrected chi connectivity index (χ1v) is 4.31. The molecule has 0 atom stereocenters. The van der Waals surface area contributed by atoms with Crippen molar-refractivity contribution in [3.8, 4) is 0 Å². The fourth-order valence-corrected chi connectivity index (χ4v) is 1.18. The number of carboxylic acid groups (broad SMARTS) is 1. The molecule has 1 aliphatic rings. The van der Waals surface area contributed by atoms with Gasteiger partial charge in [0.05, 0.1) is 0 Å². The Morgan fingerprint density at radius 1 is 1.46 bits per heavy atom. The van der Waals surface area contributed by atoms with Crippen LogP contribution in [0.5, 0.6) is 0 Å². The van der Waals surface area contributed by atoms with Gasteiger partial charge in [-0.15, -0.1) is 0 Å². The summed E-state index contributed by atoms with van der Waals surface area (Å²) in [7, 11) is 0. The highest BCUT2D eigenvalue weighted by Crippen LogP contribution is 2.28. The summed E-state index contributed by atoms with van der Waals surface area (Å²) >= 11 is 0. The minimum Gasteiger partial charge on any atom is -0.479 e. The molecule has 0 bridgehead atoms. The van der Waals surface area contributed by atoms with E-state index in [9.17, 15) is 9.59 Å². The van der Waals surface area contributed by atoms with Crippen molar-refractivity contribution in [3.05, 3.63) is 0 Å². The lowest BCUT2D eigenvalue weighted by atomic mass is 9.83. The van der Waals surface area contributed by atoms with Gasteiger partial charge in [0.2, 0.25) is 5.91 Å². The van der Waals surface area contributed by atoms with Crippen molar-refractivity contribution < 1.29 is 19.5 Å². The first-order chi connectivity index (χ1) is 6.18. The molecule has 74 valence electrons. The van der Waals surface area contributed by atoms with Gasteiger partial charge in [-0.25, -0.2) is 10.3 Å². The van der Waals surface area contributed by atoms with Gasteiger partial charge in [-0.2, -0.15) is 0 Å². The molecule has 5 heteroatoms. The smallest absolute Gasteiger partial charge is 0.332 e. The molecule has 0 aromatic carbocycles. The number of carbonyl (C=O) groups is 2. The zero-order chi connectivity index (χ0) is 9.68. The number of hydrogen-bond acceptors (Lipinski definition) is 3. The molecule has 1 saturated carbocycles. The van der Waals surface area contributed by atoms with Gasteiger partial charge < -0.3 is 5.11 Å². The van der Waals surface area contributed by atoms with Gasteiger partial charge in [0.25, 0.3) is 0 Å². The Labute approximate surface area is 76.0 Å². The minimum atomic E-state index is -1.09. The average molecular weight is 187 g/mol. The lowest BCUT2D eigenvalue weighted by molar-refractivity contribution is -0.149. The van der Waals surface area contributed by atoms with Gasteiger partial charge in [-0.1, -0.05) is 6.42 Å². The van der Waals surface area contributed by atoms with Crippen molar-refractivity contribution >= 4 is 11.9 Å². The molecule has 1 rings (SSSR count). The summed E-state index contributed by atoms with van der Waals surface area (Å²) in [5, 5.41) is 8.19. The third-order valence-corrected chi connectivity index (χ3v) is 2.08. The monoisotopic (exact) mass is 187 g/mol. The molecule has 0 aliphatic heterocycles. The summed E-state index contributed by atoms with van der Waals surface area (Å²) in [4.78, 5) is 25.4. The van der Waals surface area contributed by atoms with Crippen LogP contribution in [-0.2, 0) is 14.4 Å². The topological polar surface area (TPSA) is 75.6 Å². The Bertz CT molecular complexity index is 200. The summed E-state index contributed by atoms with van der Waals surface area (Å²) < 4.78 is 0. The molecule has 5 nitrogen and oxygen atoms in total. The molecule has 0 unspecified atom stereocenters. The van der Waals surface area contributed by atoms with Crippen LogP contribution in [0, 0.1) is 5.92 Å². The maximum absolute atomic E-state index is 11.0. The fraction of sp³-hybridized carbons (Fsp3) is 0.750. The summed E-state index contributed by atoms with van der Waals surface area (Å²) in [6.45, 7) is -0.490. The molecule has 1 aliphatic carbocycles. The van der Waals surface area contributed by atoms with E-state index < -0.39 is 12.6 Å². The predicted molar refractivity (Wildman–Crippen MR) is 43.7 cm³/mol. The van der Waals surface area contributed by atoms with Crippen molar-refractivity contribution in [1.82, 2.24) is 5.48 Å². The summed E-state index contributed by atoms with van der Waals surface area (Å²) in [6.07, 6.45) is 3.81. The van der Waals surface area contributed by atoms with Crippen LogP contribution in [0.2, 0.25) is 0 Å². The van der Waals surface area contributed by atoms with E-state index in [1.54, 1.807) is 0 Å². The lowest BCUT2D eigenvalue weighted by Crippen LogP contribution is -2.29. The number of carboxylic acids is 1. The molecule has 1 fully saturated rings. The average Bonchev–Trinajstić information content (AvgIpc) is 1.96. The third kappa shape index (κ3) is 3.89. The molecule has 2 N–H and O–H groups in total. The maximum atomic E-state index is 11.0. The SMILES string of the molecule is O=C(O)CONC(=O)CC1CCC1. The first kappa shape index (κ1) is 9.98. The summed E-state index contributed by atoms with van der Waals surface area (Å²) in [6, 6.07) is 0. The second-order valence-corrected chi connectivity index (χ2v) is 3.21. The number of rotatable bonds is 5. The number of aliphatic carboxylic acids is 1. The van der Waals surface area contributed by atoms with Gasteiger partial charge in [0.15, 0.2) is 6.61 Å². The highest BCUT2D eigenvalue weighted by Gasteiger charge is 2.20. The van der Waals surface area contributed by atoms with Crippen LogP contribution in [-0.4, -0.2) is 23.6 Å². The Morgan fingerprint density at radius 3 is 2.62 bits per heavy atom. The van der Waals surface area contributed by atoms with Gasteiger partial charge >= 0.3 is 5.97 Å². The minimum absolute atomic E-state index is 0.231. The zero-order valence-corrected chi connectivity index (χ0v) is 7.28. The summed E-state index contributed by atoms with van der Waals surface area (Å²) in [5.74, 6) is -0.858. The Balaban J connectivity index is 2.00. The van der Waals surface area contributed by atoms with E-state index in [2.05, 4.69) is 10.3 Å². The number of hydrogen-bond donors (Lipinski definition) is 2. The molecule has 0 radical (unpaired) electrons. The molecule has 0 heterocycles. The normalized spacial score (nSPS) is 16.3. The van der Waals surface area contributed by atoms with E-state index in [0.29, 0.717) is 12.3 Å². The quantitative estimate of drug-likeness (QED) is 0.607. The summed E-state index contributed by atoms with van der Waals surface area (Å²) in [5.41, 5.74) is 2.09. The van der Waals surface area contributed by atoms with E-state index in [4.69, 9.17) is 5.11 Å². The predicted octanol–water partition coefficient (Wildman–Crippen LogP) is 0.309. The van der Waals surface area contributed by atoms with E-state index in [1.807, 2.05) is 0 Å². The molecule has 1 amide bonds. The standard InChI is InChI=1S/C8H13NO4/c10-7(4-6-2-1-3-6)9-13-5-8(11)12/h6H,1-5H2,(H,9,10)(H,11,12). The second kappa shape index (κ2) is 4.81. The van der Waals surface area contributed by atoms with Gasteiger partial charge in [-0.05, 0) is 18.8 Å². The number of hydroxylamine groups is 1.